The molecule has 124 valence electrons. The lowest BCUT2D eigenvalue weighted by Crippen LogP contribution is -2.21. The second-order valence-corrected chi connectivity index (χ2v) is 6.12. The number of aromatic nitrogens is 2. The summed E-state index contributed by atoms with van der Waals surface area (Å²) in [5, 5.41) is 12.5. The predicted molar refractivity (Wildman–Crippen MR) is 79.9 cm³/mol. The molecule has 1 saturated carbocycles. The first-order valence-electron chi connectivity index (χ1n) is 8.18. The first kappa shape index (κ1) is 16.9. The Bertz CT molecular complexity index is 457. The molecule has 0 unspecified atom stereocenters. The highest BCUT2D eigenvalue weighted by Gasteiger charge is 2.23. The van der Waals surface area contributed by atoms with Crippen molar-refractivity contribution in [2.45, 2.75) is 70.3 Å². The second kappa shape index (κ2) is 8.85. The minimum Gasteiger partial charge on any atom is -0.339 e. The molecular formula is C15H26N4O3. The van der Waals surface area contributed by atoms with Crippen LogP contribution < -0.4 is 11.2 Å². The molecule has 1 fully saturated rings. The van der Waals surface area contributed by atoms with Gasteiger partial charge in [0.05, 0.1) is 6.54 Å². The van der Waals surface area contributed by atoms with Crippen molar-refractivity contribution in [2.24, 2.45) is 11.7 Å². The van der Waals surface area contributed by atoms with Crippen LogP contribution in [-0.4, -0.2) is 21.3 Å². The maximum absolute atomic E-state index is 11.5. The van der Waals surface area contributed by atoms with Gasteiger partial charge in [-0.15, -0.1) is 0 Å². The van der Waals surface area contributed by atoms with E-state index in [9.17, 15) is 4.79 Å². The van der Waals surface area contributed by atoms with E-state index in [0.717, 1.165) is 18.8 Å². The third-order valence-electron chi connectivity index (χ3n) is 4.46. The smallest absolute Gasteiger partial charge is 0.244 e. The van der Waals surface area contributed by atoms with Crippen molar-refractivity contribution in [3.8, 4) is 0 Å². The van der Waals surface area contributed by atoms with E-state index < -0.39 is 5.91 Å². The van der Waals surface area contributed by atoms with E-state index in [2.05, 4.69) is 10.1 Å². The average molecular weight is 310 g/mol. The summed E-state index contributed by atoms with van der Waals surface area (Å²) in [7, 11) is 0. The molecule has 4 N–H and O–H groups in total. The summed E-state index contributed by atoms with van der Waals surface area (Å²) in [5.41, 5.74) is 7.16. The van der Waals surface area contributed by atoms with Crippen molar-refractivity contribution in [1.29, 1.82) is 0 Å². The number of carbonyl (C=O) groups is 1. The van der Waals surface area contributed by atoms with E-state index in [1.807, 2.05) is 0 Å². The van der Waals surface area contributed by atoms with Crippen LogP contribution in [-0.2, 0) is 11.3 Å². The van der Waals surface area contributed by atoms with Crippen LogP contribution in [0.1, 0.15) is 75.4 Å². The Labute approximate surface area is 130 Å². The summed E-state index contributed by atoms with van der Waals surface area (Å²) < 4.78 is 5.20. The first-order valence-corrected chi connectivity index (χ1v) is 8.18. The molecule has 1 atom stereocenters. The lowest BCUT2D eigenvalue weighted by atomic mass is 9.84. The Kier molecular flexibility index (Phi) is 6.79. The van der Waals surface area contributed by atoms with Gasteiger partial charge in [0.1, 0.15) is 0 Å². The third-order valence-corrected chi connectivity index (χ3v) is 4.46. The summed E-state index contributed by atoms with van der Waals surface area (Å²) >= 11 is 0. The van der Waals surface area contributed by atoms with Crippen LogP contribution >= 0.6 is 0 Å². The van der Waals surface area contributed by atoms with Crippen LogP contribution in [0.4, 0.5) is 0 Å². The molecule has 0 saturated heterocycles. The van der Waals surface area contributed by atoms with E-state index >= 15 is 0 Å². The highest BCUT2D eigenvalue weighted by molar-refractivity contribution is 5.75. The maximum Gasteiger partial charge on any atom is 0.244 e. The number of carbonyl (C=O) groups excluding carboxylic acids is 1. The van der Waals surface area contributed by atoms with Gasteiger partial charge >= 0.3 is 0 Å². The zero-order valence-electron chi connectivity index (χ0n) is 13.0. The summed E-state index contributed by atoms with van der Waals surface area (Å²) in [6.07, 6.45) is 9.82. The molecular weight excluding hydrogens is 284 g/mol. The minimum absolute atomic E-state index is 0.146. The Balaban J connectivity index is 1.87. The lowest BCUT2D eigenvalue weighted by molar-refractivity contribution is -0.129. The van der Waals surface area contributed by atoms with Crippen LogP contribution in [0, 0.1) is 5.92 Å². The maximum atomic E-state index is 11.5. The quantitative estimate of drug-likeness (QED) is 0.501. The van der Waals surface area contributed by atoms with Gasteiger partial charge in [0.15, 0.2) is 5.82 Å². The SMILES string of the molecule is NCc1noc([C@H](CCCC2CCCCC2)CC(=O)NO)n1. The van der Waals surface area contributed by atoms with Gasteiger partial charge in [-0.3, -0.25) is 10.0 Å². The molecule has 0 bridgehead atoms. The first-order chi connectivity index (χ1) is 10.7. The predicted octanol–water partition coefficient (Wildman–Crippen LogP) is 2.26. The van der Waals surface area contributed by atoms with E-state index in [1.165, 1.54) is 38.5 Å². The van der Waals surface area contributed by atoms with Crippen molar-refractivity contribution in [1.82, 2.24) is 15.6 Å². The topological polar surface area (TPSA) is 114 Å². The van der Waals surface area contributed by atoms with E-state index in [0.29, 0.717) is 11.7 Å². The number of hydrogen-bond acceptors (Lipinski definition) is 6. The number of hydroxylamine groups is 1. The molecule has 1 aliphatic rings. The Morgan fingerprint density at radius 3 is 2.82 bits per heavy atom. The molecule has 22 heavy (non-hydrogen) atoms. The van der Waals surface area contributed by atoms with Gasteiger partial charge in [-0.25, -0.2) is 5.48 Å². The molecule has 1 aliphatic carbocycles. The van der Waals surface area contributed by atoms with Crippen molar-refractivity contribution in [2.75, 3.05) is 0 Å². The average Bonchev–Trinajstić information content (AvgIpc) is 3.03. The summed E-state index contributed by atoms with van der Waals surface area (Å²) in [4.78, 5) is 15.7. The number of nitrogens with one attached hydrogen (secondary N) is 1. The summed E-state index contributed by atoms with van der Waals surface area (Å²) in [6.45, 7) is 0.213. The van der Waals surface area contributed by atoms with Crippen LogP contribution in [0.25, 0.3) is 0 Å². The molecule has 0 spiro atoms. The molecule has 0 radical (unpaired) electrons. The van der Waals surface area contributed by atoms with Gasteiger partial charge in [0.2, 0.25) is 11.8 Å². The number of nitrogens with two attached hydrogens (primary N) is 1. The van der Waals surface area contributed by atoms with Gasteiger partial charge in [0.25, 0.3) is 0 Å². The molecule has 2 rings (SSSR count). The van der Waals surface area contributed by atoms with Crippen molar-refractivity contribution >= 4 is 5.91 Å². The highest BCUT2D eigenvalue weighted by Crippen LogP contribution is 2.30. The normalized spacial score (nSPS) is 17.4. The van der Waals surface area contributed by atoms with Crippen LogP contribution in [0.2, 0.25) is 0 Å². The number of hydrogen-bond donors (Lipinski definition) is 3. The summed E-state index contributed by atoms with van der Waals surface area (Å²) in [6, 6.07) is 0. The molecule has 0 aliphatic heterocycles. The Morgan fingerprint density at radius 2 is 2.18 bits per heavy atom. The van der Waals surface area contributed by atoms with Crippen LogP contribution in [0.15, 0.2) is 4.52 Å². The Hall–Kier alpha value is -1.47. The van der Waals surface area contributed by atoms with Gasteiger partial charge in [0, 0.05) is 12.3 Å². The van der Waals surface area contributed by atoms with Crippen LogP contribution in [0.5, 0.6) is 0 Å². The van der Waals surface area contributed by atoms with Crippen molar-refractivity contribution in [3.63, 3.8) is 0 Å². The van der Waals surface area contributed by atoms with Gasteiger partial charge in [-0.1, -0.05) is 50.1 Å². The van der Waals surface area contributed by atoms with Gasteiger partial charge in [-0.2, -0.15) is 4.98 Å². The fraction of sp³-hybridized carbons (Fsp3) is 0.800. The lowest BCUT2D eigenvalue weighted by Gasteiger charge is -2.22. The van der Waals surface area contributed by atoms with E-state index in [-0.39, 0.29) is 18.9 Å². The third kappa shape index (κ3) is 5.06. The fourth-order valence-electron chi connectivity index (χ4n) is 3.23. The molecule has 1 aromatic heterocycles. The van der Waals surface area contributed by atoms with Crippen LogP contribution in [0.3, 0.4) is 0 Å². The summed E-state index contributed by atoms with van der Waals surface area (Å²) in [5.74, 6) is 1.09. The van der Waals surface area contributed by atoms with Crippen molar-refractivity contribution in [3.05, 3.63) is 11.7 Å². The molecule has 7 heteroatoms. The zero-order chi connectivity index (χ0) is 15.8. The molecule has 0 aromatic carbocycles. The standard InChI is InChI=1S/C15H26N4O3/c16-10-13-17-15(22-19-13)12(9-14(20)18-21)8-4-7-11-5-2-1-3-6-11/h11-12,21H,1-10,16H2,(H,18,20)/t12-/m1/s1. The van der Waals surface area contributed by atoms with Gasteiger partial charge < -0.3 is 10.3 Å². The largest absolute Gasteiger partial charge is 0.339 e. The fourth-order valence-corrected chi connectivity index (χ4v) is 3.23. The Morgan fingerprint density at radius 1 is 1.41 bits per heavy atom. The number of nitrogens with zero attached hydrogens (tertiary/aromatic N) is 2. The second-order valence-electron chi connectivity index (χ2n) is 6.12. The highest BCUT2D eigenvalue weighted by atomic mass is 16.5. The molecule has 1 aromatic rings. The van der Waals surface area contributed by atoms with E-state index in [1.54, 1.807) is 5.48 Å². The number of amides is 1. The molecule has 7 nitrogen and oxygen atoms in total. The zero-order valence-corrected chi connectivity index (χ0v) is 13.0. The molecule has 1 heterocycles. The minimum atomic E-state index is -0.435. The van der Waals surface area contributed by atoms with Crippen molar-refractivity contribution < 1.29 is 14.5 Å². The molecule has 1 amide bonds. The van der Waals surface area contributed by atoms with E-state index in [4.69, 9.17) is 15.5 Å². The van der Waals surface area contributed by atoms with Gasteiger partial charge in [-0.05, 0) is 12.3 Å². The number of rotatable bonds is 8. The monoisotopic (exact) mass is 310 g/mol.